The van der Waals surface area contributed by atoms with Crippen molar-refractivity contribution < 1.29 is 17.6 Å². The molecule has 1 aromatic carbocycles. The molecule has 2 unspecified atom stereocenters. The van der Waals surface area contributed by atoms with Crippen LogP contribution in [0.3, 0.4) is 0 Å². The third-order valence-electron chi connectivity index (χ3n) is 4.91. The van der Waals surface area contributed by atoms with E-state index in [2.05, 4.69) is 15.0 Å². The maximum atomic E-state index is 11.7. The van der Waals surface area contributed by atoms with E-state index in [4.69, 9.17) is 21.4 Å². The summed E-state index contributed by atoms with van der Waals surface area (Å²) in [6, 6.07) is 14.2. The van der Waals surface area contributed by atoms with Gasteiger partial charge in [0.25, 0.3) is 0 Å². The fourth-order valence-electron chi connectivity index (χ4n) is 3.65. The highest BCUT2D eigenvalue weighted by molar-refractivity contribution is 7.92. The van der Waals surface area contributed by atoms with Gasteiger partial charge in [0, 0.05) is 18.0 Å². The molecular weight excluding hydrogens is 436 g/mol. The third-order valence-corrected chi connectivity index (χ3v) is 5.81. The average molecular weight is 459 g/mol. The molecule has 0 aliphatic carbocycles. The maximum Gasteiger partial charge on any atom is 0.229 e. The van der Waals surface area contributed by atoms with E-state index in [1.807, 2.05) is 42.2 Å². The van der Waals surface area contributed by atoms with Gasteiger partial charge in [-0.2, -0.15) is 0 Å². The number of furan rings is 1. The second kappa shape index (κ2) is 8.20. The van der Waals surface area contributed by atoms with Gasteiger partial charge in [0.2, 0.25) is 10.0 Å². The van der Waals surface area contributed by atoms with E-state index in [0.717, 1.165) is 29.2 Å². The molecule has 3 heterocycles. The number of hydrogen-bond donors (Lipinski definition) is 2. The summed E-state index contributed by atoms with van der Waals surface area (Å²) in [5.41, 5.74) is 1.90. The van der Waals surface area contributed by atoms with Gasteiger partial charge in [-0.05, 0) is 55.5 Å². The Morgan fingerprint density at radius 1 is 1.23 bits per heavy atom. The Kier molecular flexibility index (Phi) is 5.59. The first-order chi connectivity index (χ1) is 14.8. The largest absolute Gasteiger partial charge is 0.494 e. The molecule has 1 aliphatic heterocycles. The van der Waals surface area contributed by atoms with E-state index in [-0.39, 0.29) is 12.1 Å². The molecule has 2 aromatic heterocycles. The van der Waals surface area contributed by atoms with Crippen molar-refractivity contribution >= 4 is 38.7 Å². The van der Waals surface area contributed by atoms with Crippen LogP contribution in [0, 0.1) is 6.92 Å². The summed E-state index contributed by atoms with van der Waals surface area (Å²) in [4.78, 5) is 6.43. The van der Waals surface area contributed by atoms with Crippen LogP contribution in [0.25, 0.3) is 0 Å². The standard InChI is InChI=1S/C21H22N4O4S2/c1-13-7-10-17(29-13)20-19(16-6-4-5-11-22-16)23-21(30)25(20)14-8-9-15(18(12-14)28-2)24-31(3,26)27/h4-12,19-20,24H,1-3H3,(H,23,30). The van der Waals surface area contributed by atoms with Gasteiger partial charge < -0.3 is 19.4 Å². The number of pyridine rings is 1. The molecule has 0 bridgehead atoms. The van der Waals surface area contributed by atoms with Crippen LogP contribution in [0.5, 0.6) is 5.75 Å². The second-order valence-corrected chi connectivity index (χ2v) is 9.34. The Bertz CT molecular complexity index is 1210. The first kappa shape index (κ1) is 21.1. The van der Waals surface area contributed by atoms with Gasteiger partial charge in [-0.3, -0.25) is 9.71 Å². The zero-order valence-corrected chi connectivity index (χ0v) is 18.8. The molecule has 3 aromatic rings. The molecule has 2 N–H and O–H groups in total. The van der Waals surface area contributed by atoms with Gasteiger partial charge in [-0.15, -0.1) is 0 Å². The van der Waals surface area contributed by atoms with Gasteiger partial charge in [0.15, 0.2) is 5.11 Å². The summed E-state index contributed by atoms with van der Waals surface area (Å²) >= 11 is 5.68. The number of methoxy groups -OCH3 is 1. The van der Waals surface area contributed by atoms with Gasteiger partial charge in [-0.1, -0.05) is 6.07 Å². The van der Waals surface area contributed by atoms with E-state index < -0.39 is 10.0 Å². The number of aromatic nitrogens is 1. The number of nitrogens with one attached hydrogen (secondary N) is 2. The SMILES string of the molecule is COc1cc(N2C(=S)NC(c3ccccn3)C2c2ccc(C)o2)ccc1NS(C)(=O)=O. The van der Waals surface area contributed by atoms with Crippen LogP contribution in [0.15, 0.2) is 59.1 Å². The molecule has 0 spiro atoms. The van der Waals surface area contributed by atoms with E-state index in [0.29, 0.717) is 16.5 Å². The first-order valence-electron chi connectivity index (χ1n) is 9.49. The Hall–Kier alpha value is -3.11. The summed E-state index contributed by atoms with van der Waals surface area (Å²) < 4.78 is 37.2. The van der Waals surface area contributed by atoms with Crippen LogP contribution in [-0.4, -0.2) is 31.9 Å². The topological polar surface area (TPSA) is 96.7 Å². The lowest BCUT2D eigenvalue weighted by Crippen LogP contribution is -2.29. The van der Waals surface area contributed by atoms with E-state index in [9.17, 15) is 8.42 Å². The normalized spacial score (nSPS) is 18.7. The third kappa shape index (κ3) is 4.35. The smallest absolute Gasteiger partial charge is 0.229 e. The van der Waals surface area contributed by atoms with Gasteiger partial charge in [0.05, 0.1) is 30.8 Å². The quantitative estimate of drug-likeness (QED) is 0.542. The highest BCUT2D eigenvalue weighted by Gasteiger charge is 2.42. The number of aryl methyl sites for hydroxylation is 1. The van der Waals surface area contributed by atoms with Gasteiger partial charge in [-0.25, -0.2) is 8.42 Å². The molecule has 2 atom stereocenters. The molecule has 162 valence electrons. The lowest BCUT2D eigenvalue weighted by molar-refractivity contribution is 0.413. The van der Waals surface area contributed by atoms with Crippen molar-refractivity contribution in [3.8, 4) is 5.75 Å². The molecule has 0 saturated carbocycles. The number of sulfonamides is 1. The Balaban J connectivity index is 1.79. The van der Waals surface area contributed by atoms with Crippen LogP contribution >= 0.6 is 12.2 Å². The predicted octanol–water partition coefficient (Wildman–Crippen LogP) is 3.54. The number of hydrogen-bond acceptors (Lipinski definition) is 6. The van der Waals surface area contributed by atoms with E-state index in [1.165, 1.54) is 7.11 Å². The number of ether oxygens (including phenoxy) is 1. The van der Waals surface area contributed by atoms with Crippen LogP contribution in [0.1, 0.15) is 29.3 Å². The number of rotatable bonds is 6. The van der Waals surface area contributed by atoms with Crippen LogP contribution in [0.2, 0.25) is 0 Å². The molecule has 1 fully saturated rings. The molecule has 8 nitrogen and oxygen atoms in total. The van der Waals surface area contributed by atoms with Crippen molar-refractivity contribution in [2.24, 2.45) is 0 Å². The van der Waals surface area contributed by atoms with Crippen molar-refractivity contribution in [3.63, 3.8) is 0 Å². The lowest BCUT2D eigenvalue weighted by atomic mass is 10.0. The number of anilines is 2. The van der Waals surface area contributed by atoms with Crippen molar-refractivity contribution in [2.75, 3.05) is 23.0 Å². The van der Waals surface area contributed by atoms with Gasteiger partial charge in [0.1, 0.15) is 23.3 Å². The van der Waals surface area contributed by atoms with Crippen molar-refractivity contribution in [2.45, 2.75) is 19.0 Å². The molecule has 31 heavy (non-hydrogen) atoms. The van der Waals surface area contributed by atoms with Gasteiger partial charge >= 0.3 is 0 Å². The fourth-order valence-corrected chi connectivity index (χ4v) is 4.56. The summed E-state index contributed by atoms with van der Waals surface area (Å²) in [6.45, 7) is 1.89. The van der Waals surface area contributed by atoms with Crippen LogP contribution in [0.4, 0.5) is 11.4 Å². The molecule has 10 heteroatoms. The number of nitrogens with zero attached hydrogens (tertiary/aromatic N) is 2. The molecule has 1 saturated heterocycles. The first-order valence-corrected chi connectivity index (χ1v) is 11.8. The average Bonchev–Trinajstić information content (AvgIpc) is 3.30. The predicted molar refractivity (Wildman–Crippen MR) is 123 cm³/mol. The molecule has 1 aliphatic rings. The molecule has 0 amide bonds. The van der Waals surface area contributed by atoms with E-state index >= 15 is 0 Å². The molecule has 4 rings (SSSR count). The Morgan fingerprint density at radius 3 is 2.65 bits per heavy atom. The fraction of sp³-hybridized carbons (Fsp3) is 0.238. The lowest BCUT2D eigenvalue weighted by Gasteiger charge is -2.26. The minimum absolute atomic E-state index is 0.237. The van der Waals surface area contributed by atoms with Crippen molar-refractivity contribution in [3.05, 3.63) is 71.9 Å². The summed E-state index contributed by atoms with van der Waals surface area (Å²) in [5.74, 6) is 1.90. The highest BCUT2D eigenvalue weighted by atomic mass is 32.2. The monoisotopic (exact) mass is 458 g/mol. The minimum atomic E-state index is -3.45. The second-order valence-electron chi connectivity index (χ2n) is 7.20. The Morgan fingerprint density at radius 2 is 2.03 bits per heavy atom. The molecule has 0 radical (unpaired) electrons. The van der Waals surface area contributed by atoms with Crippen LogP contribution in [-0.2, 0) is 10.0 Å². The maximum absolute atomic E-state index is 11.7. The number of benzene rings is 1. The summed E-state index contributed by atoms with van der Waals surface area (Å²) in [5, 5.41) is 3.85. The van der Waals surface area contributed by atoms with Crippen molar-refractivity contribution in [1.29, 1.82) is 0 Å². The zero-order chi connectivity index (χ0) is 22.2. The van der Waals surface area contributed by atoms with Crippen LogP contribution < -0.4 is 19.7 Å². The van der Waals surface area contributed by atoms with E-state index in [1.54, 1.807) is 24.4 Å². The highest BCUT2D eigenvalue weighted by Crippen LogP contribution is 2.43. The Labute approximate surface area is 186 Å². The molecular formula is C21H22N4O4S2. The number of thiocarbonyl (C=S) groups is 1. The summed E-state index contributed by atoms with van der Waals surface area (Å²) in [6.07, 6.45) is 2.83. The zero-order valence-electron chi connectivity index (χ0n) is 17.2. The van der Waals surface area contributed by atoms with Crippen molar-refractivity contribution in [1.82, 2.24) is 10.3 Å². The minimum Gasteiger partial charge on any atom is -0.494 e. The summed E-state index contributed by atoms with van der Waals surface area (Å²) in [7, 11) is -1.97.